The molecule has 0 fully saturated rings. The van der Waals surface area contributed by atoms with Gasteiger partial charge in [-0.2, -0.15) is 0 Å². The highest BCUT2D eigenvalue weighted by molar-refractivity contribution is 6.41. The van der Waals surface area contributed by atoms with Gasteiger partial charge in [-0.05, 0) is 19.1 Å². The van der Waals surface area contributed by atoms with Crippen molar-refractivity contribution < 1.29 is 0 Å². The lowest BCUT2D eigenvalue weighted by Crippen LogP contribution is -2.45. The van der Waals surface area contributed by atoms with Gasteiger partial charge < -0.3 is 10.6 Å². The van der Waals surface area contributed by atoms with E-state index in [4.69, 9.17) is 0 Å². The predicted molar refractivity (Wildman–Crippen MR) is 50.2 cm³/mol. The van der Waals surface area contributed by atoms with Gasteiger partial charge in [0.25, 0.3) is 0 Å². The maximum absolute atomic E-state index is 3.26. The second-order valence-corrected chi connectivity index (χ2v) is 7.24. The van der Waals surface area contributed by atoms with Crippen LogP contribution in [0.5, 0.6) is 0 Å². The molecule has 0 aromatic heterocycles. The zero-order valence-corrected chi connectivity index (χ0v) is 9.20. The van der Waals surface area contributed by atoms with E-state index >= 15 is 0 Å². The van der Waals surface area contributed by atoms with Gasteiger partial charge in [0.2, 0.25) is 0 Å². The second kappa shape index (κ2) is 4.11. The molecule has 0 aliphatic heterocycles. The summed E-state index contributed by atoms with van der Waals surface area (Å²) in [7, 11) is 3.97. The Labute approximate surface area is 66.6 Å². The van der Waals surface area contributed by atoms with Gasteiger partial charge in [0.05, 0.1) is 9.52 Å². The average molecular weight is 160 g/mol. The Kier molecular flexibility index (Phi) is 4.16. The number of rotatable bonds is 3. The Hall–Kier alpha value is 0.137. The maximum Gasteiger partial charge on any atom is 0.0644 e. The summed E-state index contributed by atoms with van der Waals surface area (Å²) >= 11 is 0. The highest BCUT2D eigenvalue weighted by Gasteiger charge is 2.16. The van der Waals surface area contributed by atoms with Crippen LogP contribution in [0.15, 0.2) is 0 Å². The molecule has 2 N–H and O–H groups in total. The summed E-state index contributed by atoms with van der Waals surface area (Å²) in [5.74, 6) is 0.583. The fraction of sp³-hybridized carbons (Fsp3) is 1.00. The molecule has 0 aromatic rings. The van der Waals surface area contributed by atoms with Gasteiger partial charge in [0, 0.05) is 5.79 Å². The molecular formula is C7H20N2Si. The monoisotopic (exact) mass is 160 g/mol. The van der Waals surface area contributed by atoms with Crippen LogP contribution in [0.1, 0.15) is 20.8 Å². The van der Waals surface area contributed by atoms with Gasteiger partial charge in [-0.1, -0.05) is 20.8 Å². The van der Waals surface area contributed by atoms with Crippen molar-refractivity contribution in [3.63, 3.8) is 0 Å². The molecule has 0 aliphatic rings. The van der Waals surface area contributed by atoms with Crippen LogP contribution in [0.2, 0.25) is 5.04 Å². The fourth-order valence-electron chi connectivity index (χ4n) is 0.961. The predicted octanol–water partition coefficient (Wildman–Crippen LogP) is 0.0960. The van der Waals surface area contributed by atoms with Crippen LogP contribution >= 0.6 is 0 Å². The Morgan fingerprint density at radius 2 is 1.50 bits per heavy atom. The van der Waals surface area contributed by atoms with Gasteiger partial charge in [-0.3, -0.25) is 0 Å². The Morgan fingerprint density at radius 3 is 1.60 bits per heavy atom. The smallest absolute Gasteiger partial charge is 0.0644 e. The number of nitrogens with one attached hydrogen (secondary N) is 2. The Balaban J connectivity index is 3.63. The largest absolute Gasteiger partial charge is 0.308 e. The van der Waals surface area contributed by atoms with Gasteiger partial charge in [-0.15, -0.1) is 0 Å². The normalized spacial score (nSPS) is 13.8. The molecule has 0 saturated carbocycles. The quantitative estimate of drug-likeness (QED) is 0.452. The van der Waals surface area contributed by atoms with E-state index in [1.807, 2.05) is 14.1 Å². The topological polar surface area (TPSA) is 24.1 Å². The molecule has 0 heterocycles. The maximum atomic E-state index is 3.26. The van der Waals surface area contributed by atoms with Crippen LogP contribution in [-0.2, 0) is 0 Å². The van der Waals surface area contributed by atoms with E-state index in [1.165, 1.54) is 0 Å². The molecule has 0 bridgehead atoms. The molecule has 0 aliphatic carbocycles. The van der Waals surface area contributed by atoms with Gasteiger partial charge in [0.15, 0.2) is 0 Å². The summed E-state index contributed by atoms with van der Waals surface area (Å²) in [5, 5.41) is 7.06. The molecule has 0 rings (SSSR count). The SMILES string of the molecule is CNC(NC)[SiH2]C(C)(C)C. The minimum atomic E-state index is -0.0586. The van der Waals surface area contributed by atoms with Crippen LogP contribution in [-0.4, -0.2) is 29.4 Å². The summed E-state index contributed by atoms with van der Waals surface area (Å²) in [5.41, 5.74) is 0. The molecule has 3 heteroatoms. The lowest BCUT2D eigenvalue weighted by atomic mass is 10.3. The van der Waals surface area contributed by atoms with Crippen molar-refractivity contribution in [1.29, 1.82) is 0 Å². The van der Waals surface area contributed by atoms with Crippen molar-refractivity contribution in [2.24, 2.45) is 0 Å². The highest BCUT2D eigenvalue weighted by atomic mass is 28.2. The highest BCUT2D eigenvalue weighted by Crippen LogP contribution is 2.20. The van der Waals surface area contributed by atoms with Crippen molar-refractivity contribution in [2.75, 3.05) is 14.1 Å². The summed E-state index contributed by atoms with van der Waals surface area (Å²) in [6.07, 6.45) is 0. The molecule has 0 unspecified atom stereocenters. The van der Waals surface area contributed by atoms with Crippen molar-refractivity contribution in [3.05, 3.63) is 0 Å². The molecule has 0 aromatic carbocycles. The summed E-state index contributed by atoms with van der Waals surface area (Å²) in [6.45, 7) is 6.92. The molecule has 0 spiro atoms. The van der Waals surface area contributed by atoms with Crippen LogP contribution in [0, 0.1) is 0 Å². The first-order valence-corrected chi connectivity index (χ1v) is 5.36. The Bertz CT molecular complexity index is 84.1. The van der Waals surface area contributed by atoms with E-state index in [0.29, 0.717) is 10.8 Å². The van der Waals surface area contributed by atoms with E-state index in [1.54, 1.807) is 0 Å². The van der Waals surface area contributed by atoms with E-state index in [-0.39, 0.29) is 9.52 Å². The van der Waals surface area contributed by atoms with E-state index in [9.17, 15) is 0 Å². The second-order valence-electron chi connectivity index (χ2n) is 3.89. The third-order valence-corrected chi connectivity index (χ3v) is 3.96. The van der Waals surface area contributed by atoms with Gasteiger partial charge in [0.1, 0.15) is 0 Å². The first kappa shape index (κ1) is 10.1. The minimum Gasteiger partial charge on any atom is -0.308 e. The van der Waals surface area contributed by atoms with Crippen LogP contribution in [0.25, 0.3) is 0 Å². The molecule has 0 amide bonds. The van der Waals surface area contributed by atoms with Gasteiger partial charge in [-0.25, -0.2) is 0 Å². The van der Waals surface area contributed by atoms with Crippen molar-refractivity contribution >= 4 is 9.52 Å². The molecule has 2 nitrogen and oxygen atoms in total. The van der Waals surface area contributed by atoms with Crippen molar-refractivity contribution in [2.45, 2.75) is 31.6 Å². The minimum absolute atomic E-state index is 0.0586. The average Bonchev–Trinajstić information content (AvgIpc) is 1.81. The third-order valence-electron chi connectivity index (χ3n) is 1.51. The molecule has 10 heavy (non-hydrogen) atoms. The lowest BCUT2D eigenvalue weighted by molar-refractivity contribution is 0.605. The molecule has 62 valence electrons. The summed E-state index contributed by atoms with van der Waals surface area (Å²) in [6, 6.07) is 0. The van der Waals surface area contributed by atoms with Crippen LogP contribution in [0.4, 0.5) is 0 Å². The van der Waals surface area contributed by atoms with Crippen LogP contribution in [0.3, 0.4) is 0 Å². The zero-order chi connectivity index (χ0) is 8.20. The first-order chi connectivity index (χ1) is 4.49. The van der Waals surface area contributed by atoms with E-state index < -0.39 is 0 Å². The van der Waals surface area contributed by atoms with Crippen LogP contribution < -0.4 is 10.6 Å². The van der Waals surface area contributed by atoms with E-state index in [0.717, 1.165) is 0 Å². The molecule has 0 atom stereocenters. The lowest BCUT2D eigenvalue weighted by Gasteiger charge is -2.24. The molecular weight excluding hydrogens is 140 g/mol. The third kappa shape index (κ3) is 4.96. The van der Waals surface area contributed by atoms with Gasteiger partial charge >= 0.3 is 0 Å². The number of hydrogen-bond donors (Lipinski definition) is 2. The fourth-order valence-corrected chi connectivity index (χ4v) is 2.59. The summed E-state index contributed by atoms with van der Waals surface area (Å²) < 4.78 is 0. The molecule has 0 saturated heterocycles. The standard InChI is InChI=1S/C7H20N2Si/c1-7(2,3)10-6(8-4)9-5/h6,8-9H,10H2,1-5H3. The zero-order valence-electron chi connectivity index (χ0n) is 7.78. The van der Waals surface area contributed by atoms with Crippen molar-refractivity contribution in [1.82, 2.24) is 10.6 Å². The summed E-state index contributed by atoms with van der Waals surface area (Å²) in [4.78, 5) is 0. The Morgan fingerprint density at radius 1 is 1.10 bits per heavy atom. The first-order valence-electron chi connectivity index (χ1n) is 3.84. The number of hydrogen-bond acceptors (Lipinski definition) is 2. The van der Waals surface area contributed by atoms with E-state index in [2.05, 4.69) is 31.4 Å². The molecule has 0 radical (unpaired) electrons. The van der Waals surface area contributed by atoms with Crippen molar-refractivity contribution in [3.8, 4) is 0 Å².